The van der Waals surface area contributed by atoms with E-state index in [9.17, 15) is 9.59 Å². The smallest absolute Gasteiger partial charge is 0.242 e. The second kappa shape index (κ2) is 9.79. The molecule has 29 heavy (non-hydrogen) atoms. The molecule has 2 saturated carbocycles. The monoisotopic (exact) mass is 402 g/mol. The molecule has 1 saturated heterocycles. The Hall–Kier alpha value is -1.82. The Morgan fingerprint density at radius 2 is 1.86 bits per heavy atom. The molecule has 1 atom stereocenters. The summed E-state index contributed by atoms with van der Waals surface area (Å²) in [5.41, 5.74) is 0. The first kappa shape index (κ1) is 20.5. The minimum absolute atomic E-state index is 0.00184. The van der Waals surface area contributed by atoms with Gasteiger partial charge in [0.15, 0.2) is 0 Å². The number of furan rings is 1. The lowest BCUT2D eigenvalue weighted by atomic mass is 10.0. The number of carbonyl (C=O) groups is 2. The van der Waals surface area contributed by atoms with E-state index in [2.05, 4.69) is 0 Å². The summed E-state index contributed by atoms with van der Waals surface area (Å²) >= 11 is 0. The summed E-state index contributed by atoms with van der Waals surface area (Å²) in [5.74, 6) is 1.62. The Kier molecular flexibility index (Phi) is 6.90. The number of carbonyl (C=O) groups excluding carboxylic acids is 2. The third-order valence-electron chi connectivity index (χ3n) is 6.58. The van der Waals surface area contributed by atoms with Crippen molar-refractivity contribution >= 4 is 11.8 Å². The molecule has 4 rings (SSSR count). The van der Waals surface area contributed by atoms with Crippen LogP contribution in [0.4, 0.5) is 0 Å². The van der Waals surface area contributed by atoms with Crippen molar-refractivity contribution in [2.24, 2.45) is 5.92 Å². The first-order chi connectivity index (χ1) is 14.2. The van der Waals surface area contributed by atoms with Gasteiger partial charge in [0.05, 0.1) is 18.9 Å². The summed E-state index contributed by atoms with van der Waals surface area (Å²) in [5, 5.41) is 0. The van der Waals surface area contributed by atoms with Crippen LogP contribution >= 0.6 is 0 Å². The molecule has 0 bridgehead atoms. The Bertz CT molecular complexity index is 658. The maximum absolute atomic E-state index is 13.2. The zero-order valence-corrected chi connectivity index (χ0v) is 17.4. The fourth-order valence-electron chi connectivity index (χ4n) is 4.70. The largest absolute Gasteiger partial charge is 0.467 e. The highest BCUT2D eigenvalue weighted by Gasteiger charge is 2.35. The first-order valence-electron chi connectivity index (χ1n) is 11.4. The third-order valence-corrected chi connectivity index (χ3v) is 6.58. The molecule has 1 aromatic heterocycles. The molecule has 0 N–H and O–H groups in total. The van der Waals surface area contributed by atoms with E-state index in [4.69, 9.17) is 9.15 Å². The van der Waals surface area contributed by atoms with E-state index in [-0.39, 0.29) is 30.5 Å². The van der Waals surface area contributed by atoms with Crippen LogP contribution < -0.4 is 0 Å². The highest BCUT2D eigenvalue weighted by molar-refractivity contribution is 5.85. The SMILES string of the molecule is O=C(CN(C(=O)CCC1CCCC1)C1CC1)N(Cc1ccco1)C[C@@H]1CCCO1. The Labute approximate surface area is 173 Å². The van der Waals surface area contributed by atoms with Gasteiger partial charge in [-0.05, 0) is 50.2 Å². The van der Waals surface area contributed by atoms with Gasteiger partial charge in [0.2, 0.25) is 11.8 Å². The number of ether oxygens (including phenoxy) is 1. The molecule has 2 heterocycles. The Morgan fingerprint density at radius 1 is 1.03 bits per heavy atom. The minimum Gasteiger partial charge on any atom is -0.467 e. The topological polar surface area (TPSA) is 63.0 Å². The van der Waals surface area contributed by atoms with Crippen LogP contribution in [-0.4, -0.2) is 53.5 Å². The molecule has 0 spiro atoms. The molecule has 6 heteroatoms. The molecule has 1 aromatic rings. The molecule has 0 unspecified atom stereocenters. The summed E-state index contributed by atoms with van der Waals surface area (Å²) < 4.78 is 11.2. The van der Waals surface area contributed by atoms with Crippen LogP contribution in [0, 0.1) is 5.92 Å². The van der Waals surface area contributed by atoms with Crippen LogP contribution in [0.25, 0.3) is 0 Å². The molecule has 2 amide bonds. The number of hydrogen-bond acceptors (Lipinski definition) is 4. The van der Waals surface area contributed by atoms with Crippen LogP contribution in [0.2, 0.25) is 0 Å². The van der Waals surface area contributed by atoms with Crippen LogP contribution in [-0.2, 0) is 20.9 Å². The molecule has 3 aliphatic rings. The van der Waals surface area contributed by atoms with Crippen LogP contribution in [0.5, 0.6) is 0 Å². The average Bonchev–Trinajstić information content (AvgIpc) is 3.16. The maximum Gasteiger partial charge on any atom is 0.242 e. The van der Waals surface area contributed by atoms with Gasteiger partial charge < -0.3 is 19.0 Å². The summed E-state index contributed by atoms with van der Waals surface area (Å²) in [4.78, 5) is 29.8. The number of amides is 2. The van der Waals surface area contributed by atoms with Crippen molar-refractivity contribution < 1.29 is 18.7 Å². The van der Waals surface area contributed by atoms with Crippen LogP contribution in [0.15, 0.2) is 22.8 Å². The van der Waals surface area contributed by atoms with Crippen molar-refractivity contribution in [1.29, 1.82) is 0 Å². The summed E-state index contributed by atoms with van der Waals surface area (Å²) in [6.45, 7) is 1.94. The van der Waals surface area contributed by atoms with Crippen molar-refractivity contribution in [3.05, 3.63) is 24.2 Å². The van der Waals surface area contributed by atoms with Crippen molar-refractivity contribution in [2.45, 2.75) is 82.9 Å². The van der Waals surface area contributed by atoms with Gasteiger partial charge in [0.25, 0.3) is 0 Å². The van der Waals surface area contributed by atoms with Gasteiger partial charge in [-0.15, -0.1) is 0 Å². The van der Waals surface area contributed by atoms with E-state index in [0.29, 0.717) is 25.4 Å². The van der Waals surface area contributed by atoms with E-state index < -0.39 is 0 Å². The Morgan fingerprint density at radius 3 is 2.52 bits per heavy atom. The van der Waals surface area contributed by atoms with E-state index in [0.717, 1.165) is 44.5 Å². The van der Waals surface area contributed by atoms with Gasteiger partial charge in [-0.2, -0.15) is 0 Å². The summed E-state index contributed by atoms with van der Waals surface area (Å²) in [6.07, 6.45) is 12.5. The lowest BCUT2D eigenvalue weighted by Gasteiger charge is -2.29. The van der Waals surface area contributed by atoms with Crippen LogP contribution in [0.3, 0.4) is 0 Å². The normalized spacial score (nSPS) is 22.1. The highest BCUT2D eigenvalue weighted by Crippen LogP contribution is 2.31. The fraction of sp³-hybridized carbons (Fsp3) is 0.739. The summed E-state index contributed by atoms with van der Waals surface area (Å²) in [6, 6.07) is 3.98. The molecular formula is C23H34N2O4. The van der Waals surface area contributed by atoms with Crippen molar-refractivity contribution in [2.75, 3.05) is 19.7 Å². The maximum atomic E-state index is 13.2. The summed E-state index contributed by atoms with van der Waals surface area (Å²) in [7, 11) is 0. The van der Waals surface area contributed by atoms with E-state index in [1.54, 1.807) is 6.26 Å². The number of hydrogen-bond donors (Lipinski definition) is 0. The molecule has 0 radical (unpaired) electrons. The zero-order chi connectivity index (χ0) is 20.1. The number of nitrogens with zero attached hydrogens (tertiary/aromatic N) is 2. The first-order valence-corrected chi connectivity index (χ1v) is 11.4. The van der Waals surface area contributed by atoms with Crippen molar-refractivity contribution in [3.63, 3.8) is 0 Å². The second-order valence-electron chi connectivity index (χ2n) is 8.93. The van der Waals surface area contributed by atoms with Crippen LogP contribution in [0.1, 0.15) is 70.0 Å². The highest BCUT2D eigenvalue weighted by atomic mass is 16.5. The van der Waals surface area contributed by atoms with Gasteiger partial charge >= 0.3 is 0 Å². The standard InChI is InChI=1S/C23H34N2O4/c26-22(12-9-18-5-1-2-6-18)25(19-10-11-19)17-23(27)24(15-20-7-3-13-28-20)16-21-8-4-14-29-21/h3,7,13,18-19,21H,1-2,4-6,8-12,14-17H2/t21-/m0/s1. The number of rotatable bonds is 10. The zero-order valence-electron chi connectivity index (χ0n) is 17.4. The molecule has 2 aliphatic carbocycles. The fourth-order valence-corrected chi connectivity index (χ4v) is 4.70. The Balaban J connectivity index is 1.35. The van der Waals surface area contributed by atoms with Gasteiger partial charge in [-0.3, -0.25) is 9.59 Å². The molecule has 3 fully saturated rings. The van der Waals surface area contributed by atoms with Crippen molar-refractivity contribution in [1.82, 2.24) is 9.80 Å². The van der Waals surface area contributed by atoms with Gasteiger partial charge in [0.1, 0.15) is 12.3 Å². The average molecular weight is 403 g/mol. The third kappa shape index (κ3) is 5.84. The van der Waals surface area contributed by atoms with Crippen molar-refractivity contribution in [3.8, 4) is 0 Å². The lowest BCUT2D eigenvalue weighted by molar-refractivity contribution is -0.142. The molecular weight excluding hydrogens is 368 g/mol. The molecule has 6 nitrogen and oxygen atoms in total. The van der Waals surface area contributed by atoms with Gasteiger partial charge in [-0.1, -0.05) is 25.7 Å². The molecule has 1 aliphatic heterocycles. The second-order valence-corrected chi connectivity index (χ2v) is 8.93. The van der Waals surface area contributed by atoms with Gasteiger partial charge in [-0.25, -0.2) is 0 Å². The predicted molar refractivity (Wildman–Crippen MR) is 109 cm³/mol. The van der Waals surface area contributed by atoms with E-state index >= 15 is 0 Å². The van der Waals surface area contributed by atoms with E-state index in [1.165, 1.54) is 25.7 Å². The predicted octanol–water partition coefficient (Wildman–Crippen LogP) is 3.75. The molecule has 0 aromatic carbocycles. The van der Waals surface area contributed by atoms with E-state index in [1.807, 2.05) is 21.9 Å². The minimum atomic E-state index is -0.00184. The molecule has 160 valence electrons. The quantitative estimate of drug-likeness (QED) is 0.598. The lowest BCUT2D eigenvalue weighted by Crippen LogP contribution is -2.45. The van der Waals surface area contributed by atoms with Gasteiger partial charge in [0, 0.05) is 25.6 Å².